The van der Waals surface area contributed by atoms with Crippen molar-refractivity contribution < 1.29 is 9.84 Å². The van der Waals surface area contributed by atoms with Crippen LogP contribution in [0.1, 0.15) is 22.3 Å². The summed E-state index contributed by atoms with van der Waals surface area (Å²) < 4.78 is 8.59. The number of imidazole rings is 1. The summed E-state index contributed by atoms with van der Waals surface area (Å²) in [5, 5.41) is 10.4. The number of aromatic hydroxyl groups is 1. The molecule has 7 aromatic rings. The number of hydrogen-bond acceptors (Lipinski definition) is 4. The van der Waals surface area contributed by atoms with Gasteiger partial charge in [0.2, 0.25) is 5.88 Å². The Balaban J connectivity index is 1.12. The lowest BCUT2D eigenvalue weighted by molar-refractivity contribution is 0.327. The van der Waals surface area contributed by atoms with Crippen LogP contribution in [0.3, 0.4) is 0 Å². The Morgan fingerprint density at radius 3 is 2.20 bits per heavy atom. The van der Waals surface area contributed by atoms with Crippen molar-refractivity contribution in [3.8, 4) is 45.7 Å². The number of aromatic nitrogens is 3. The lowest BCUT2D eigenvalue weighted by atomic mass is 9.82. The molecule has 2 aliphatic rings. The Labute approximate surface area is 267 Å². The Hall–Kier alpha value is -5.68. The van der Waals surface area contributed by atoms with Gasteiger partial charge in [-0.15, -0.1) is 0 Å². The van der Waals surface area contributed by atoms with Gasteiger partial charge >= 0.3 is 0 Å². The summed E-state index contributed by atoms with van der Waals surface area (Å²) in [6, 6.07) is 44.8. The summed E-state index contributed by atoms with van der Waals surface area (Å²) in [5.41, 5.74) is 11.6. The minimum absolute atomic E-state index is 0.226. The zero-order valence-corrected chi connectivity index (χ0v) is 25.2. The van der Waals surface area contributed by atoms with E-state index in [0.29, 0.717) is 11.6 Å². The zero-order valence-electron chi connectivity index (χ0n) is 25.2. The number of ether oxygens (including phenoxy) is 1. The molecular formula is C41H31N3O2. The molecule has 46 heavy (non-hydrogen) atoms. The monoisotopic (exact) mass is 597 g/mol. The Morgan fingerprint density at radius 2 is 1.37 bits per heavy atom. The van der Waals surface area contributed by atoms with Gasteiger partial charge in [0.15, 0.2) is 5.82 Å². The summed E-state index contributed by atoms with van der Waals surface area (Å²) in [6.07, 6.45) is 4.37. The largest absolute Gasteiger partial charge is 0.507 e. The van der Waals surface area contributed by atoms with E-state index in [9.17, 15) is 5.11 Å². The summed E-state index contributed by atoms with van der Waals surface area (Å²) >= 11 is 0. The smallest absolute Gasteiger partial charge is 0.219 e. The van der Waals surface area contributed by atoms with Crippen LogP contribution in [0, 0.1) is 5.41 Å². The van der Waals surface area contributed by atoms with E-state index in [1.54, 1.807) is 6.07 Å². The van der Waals surface area contributed by atoms with E-state index in [1.165, 1.54) is 27.8 Å². The second kappa shape index (κ2) is 10.5. The van der Waals surface area contributed by atoms with Gasteiger partial charge in [-0.3, -0.25) is 4.57 Å². The first-order valence-corrected chi connectivity index (χ1v) is 15.8. The van der Waals surface area contributed by atoms with Crippen molar-refractivity contribution in [2.45, 2.75) is 25.7 Å². The number of benzene rings is 5. The van der Waals surface area contributed by atoms with Crippen molar-refractivity contribution in [3.05, 3.63) is 156 Å². The molecule has 0 amide bonds. The van der Waals surface area contributed by atoms with E-state index in [2.05, 4.69) is 65.2 Å². The molecule has 2 aromatic heterocycles. The number of pyridine rings is 1. The van der Waals surface area contributed by atoms with Crippen molar-refractivity contribution in [1.82, 2.24) is 14.5 Å². The van der Waals surface area contributed by atoms with Crippen molar-refractivity contribution in [2.75, 3.05) is 0 Å². The lowest BCUT2D eigenvalue weighted by Crippen LogP contribution is -2.21. The molecule has 0 atom stereocenters. The van der Waals surface area contributed by atoms with E-state index >= 15 is 0 Å². The molecule has 5 heteroatoms. The summed E-state index contributed by atoms with van der Waals surface area (Å²) in [6.45, 7) is 0. The molecule has 5 aromatic carbocycles. The number of hydrogen-bond donors (Lipinski definition) is 1. The third-order valence-corrected chi connectivity index (χ3v) is 9.63. The number of para-hydroxylation sites is 2. The first-order valence-electron chi connectivity index (χ1n) is 15.8. The maximum atomic E-state index is 10.4. The highest BCUT2D eigenvalue weighted by molar-refractivity contribution is 5.87. The highest BCUT2D eigenvalue weighted by Gasteiger charge is 2.43. The molecule has 0 fully saturated rings. The van der Waals surface area contributed by atoms with Gasteiger partial charge in [-0.1, -0.05) is 84.9 Å². The van der Waals surface area contributed by atoms with Crippen LogP contribution in [-0.4, -0.2) is 19.6 Å². The number of nitrogens with zero attached hydrogens (tertiary/aromatic N) is 3. The molecule has 0 radical (unpaired) electrons. The standard InChI is InChI=1S/C41H31N3O2/c45-37-18-7-6-16-33(37)27-12-8-15-32(22-27)46-38-19-9-17-36(42-38)40-43-35-21-20-30-25-41(23-28-10-4-5-11-29(28)24-41)26-34(30)39(35)44(40)31-13-2-1-3-14-31/h1-22,45H,23-26H2. The maximum Gasteiger partial charge on any atom is 0.219 e. The van der Waals surface area contributed by atoms with E-state index in [1.807, 2.05) is 66.7 Å². The lowest BCUT2D eigenvalue weighted by Gasteiger charge is -2.22. The van der Waals surface area contributed by atoms with Crippen LogP contribution in [0.4, 0.5) is 0 Å². The van der Waals surface area contributed by atoms with Gasteiger partial charge in [-0.2, -0.15) is 0 Å². The fourth-order valence-corrected chi connectivity index (χ4v) is 7.66. The molecule has 2 aliphatic carbocycles. The number of rotatable bonds is 5. The molecule has 0 saturated carbocycles. The van der Waals surface area contributed by atoms with Crippen molar-refractivity contribution in [3.63, 3.8) is 0 Å². The molecule has 0 saturated heterocycles. The van der Waals surface area contributed by atoms with Crippen LogP contribution < -0.4 is 4.74 Å². The van der Waals surface area contributed by atoms with E-state index in [4.69, 9.17) is 14.7 Å². The highest BCUT2D eigenvalue weighted by Crippen LogP contribution is 2.49. The van der Waals surface area contributed by atoms with E-state index in [0.717, 1.165) is 59.5 Å². The maximum absolute atomic E-state index is 10.4. The van der Waals surface area contributed by atoms with Crippen LogP contribution in [0.5, 0.6) is 17.4 Å². The summed E-state index contributed by atoms with van der Waals surface area (Å²) in [7, 11) is 0. The van der Waals surface area contributed by atoms with Crippen LogP contribution in [0.25, 0.3) is 39.4 Å². The third-order valence-electron chi connectivity index (χ3n) is 9.63. The minimum Gasteiger partial charge on any atom is -0.507 e. The average molecular weight is 598 g/mol. The molecule has 222 valence electrons. The predicted octanol–water partition coefficient (Wildman–Crippen LogP) is 9.14. The van der Waals surface area contributed by atoms with Crippen LogP contribution in [0.2, 0.25) is 0 Å². The van der Waals surface area contributed by atoms with Crippen LogP contribution in [0.15, 0.2) is 133 Å². The van der Waals surface area contributed by atoms with Crippen molar-refractivity contribution >= 4 is 11.0 Å². The molecule has 1 N–H and O–H groups in total. The predicted molar refractivity (Wildman–Crippen MR) is 182 cm³/mol. The van der Waals surface area contributed by atoms with Crippen LogP contribution >= 0.6 is 0 Å². The molecular weight excluding hydrogens is 566 g/mol. The molecule has 0 bridgehead atoms. The second-order valence-electron chi connectivity index (χ2n) is 12.7. The molecule has 5 nitrogen and oxygen atoms in total. The fraction of sp³-hybridized carbons (Fsp3) is 0.122. The minimum atomic E-state index is 0.226. The van der Waals surface area contributed by atoms with E-state index < -0.39 is 0 Å². The van der Waals surface area contributed by atoms with Gasteiger partial charge in [0.25, 0.3) is 0 Å². The quantitative estimate of drug-likeness (QED) is 0.215. The first-order chi connectivity index (χ1) is 22.6. The van der Waals surface area contributed by atoms with E-state index in [-0.39, 0.29) is 11.2 Å². The molecule has 9 rings (SSSR count). The number of phenolic OH excluding ortho intramolecular Hbond substituents is 1. The van der Waals surface area contributed by atoms with Crippen molar-refractivity contribution in [2.24, 2.45) is 5.41 Å². The topological polar surface area (TPSA) is 60.2 Å². The Bertz CT molecular complexity index is 2250. The van der Waals surface area contributed by atoms with Gasteiger partial charge in [0, 0.05) is 17.3 Å². The summed E-state index contributed by atoms with van der Waals surface area (Å²) in [4.78, 5) is 10.2. The van der Waals surface area contributed by atoms with Gasteiger partial charge in [0.05, 0.1) is 11.0 Å². The molecule has 1 spiro atoms. The normalized spacial score (nSPS) is 14.4. The van der Waals surface area contributed by atoms with Crippen LogP contribution in [-0.2, 0) is 25.7 Å². The number of phenols is 1. The third kappa shape index (κ3) is 4.47. The number of fused-ring (bicyclic) bond motifs is 4. The fourth-order valence-electron chi connectivity index (χ4n) is 7.66. The molecule has 0 unspecified atom stereocenters. The average Bonchev–Trinajstić information content (AvgIpc) is 3.77. The zero-order chi connectivity index (χ0) is 30.7. The first kappa shape index (κ1) is 26.7. The Morgan fingerprint density at radius 1 is 0.630 bits per heavy atom. The van der Waals surface area contributed by atoms with Gasteiger partial charge in [0.1, 0.15) is 17.2 Å². The van der Waals surface area contributed by atoms with Gasteiger partial charge in [-0.25, -0.2) is 9.97 Å². The van der Waals surface area contributed by atoms with Gasteiger partial charge in [-0.05, 0) is 101 Å². The summed E-state index contributed by atoms with van der Waals surface area (Å²) in [5.74, 6) is 2.14. The Kier molecular flexibility index (Phi) is 6.07. The highest BCUT2D eigenvalue weighted by atomic mass is 16.5. The van der Waals surface area contributed by atoms with Crippen molar-refractivity contribution in [1.29, 1.82) is 0 Å². The second-order valence-corrected chi connectivity index (χ2v) is 12.7. The SMILES string of the molecule is Oc1ccccc1-c1cccc(Oc2cccc(-c3nc4ccc5c(c4n3-c3ccccc3)CC3(Cc4ccccc4C3)C5)n2)c1. The van der Waals surface area contributed by atoms with Gasteiger partial charge < -0.3 is 9.84 Å². The molecule has 2 heterocycles. The molecule has 0 aliphatic heterocycles.